The fourth-order valence-electron chi connectivity index (χ4n) is 6.60. The lowest BCUT2D eigenvalue weighted by atomic mass is 9.53. The summed E-state index contributed by atoms with van der Waals surface area (Å²) in [5, 5.41) is 5.38. The van der Waals surface area contributed by atoms with Gasteiger partial charge in [0.05, 0.1) is 16.4 Å². The summed E-state index contributed by atoms with van der Waals surface area (Å²) in [5.74, 6) is 0. The molecule has 2 nitrogen and oxygen atoms in total. The summed E-state index contributed by atoms with van der Waals surface area (Å²) in [7, 11) is 0. The van der Waals surface area contributed by atoms with Crippen LogP contribution in [0.15, 0.2) is 61.1 Å². The molecule has 4 aromatic rings. The van der Waals surface area contributed by atoms with Crippen molar-refractivity contribution >= 4 is 21.5 Å². The second kappa shape index (κ2) is 4.67. The van der Waals surface area contributed by atoms with Gasteiger partial charge in [-0.25, -0.2) is 0 Å². The van der Waals surface area contributed by atoms with E-state index >= 15 is 0 Å². The Hall–Kier alpha value is -3.00. The van der Waals surface area contributed by atoms with Crippen molar-refractivity contribution in [2.75, 3.05) is 0 Å². The highest BCUT2D eigenvalue weighted by Crippen LogP contribution is 2.60. The molecule has 0 saturated carbocycles. The predicted octanol–water partition coefficient (Wildman–Crippen LogP) is 5.85. The van der Waals surface area contributed by atoms with Crippen LogP contribution in [0, 0.1) is 6.92 Å². The summed E-state index contributed by atoms with van der Waals surface area (Å²) in [5.41, 5.74) is 8.36. The van der Waals surface area contributed by atoms with Crippen molar-refractivity contribution in [2.45, 2.75) is 51.0 Å². The number of hydrogen-bond acceptors (Lipinski definition) is 1. The van der Waals surface area contributed by atoms with E-state index in [1.807, 2.05) is 12.4 Å². The highest BCUT2D eigenvalue weighted by Gasteiger charge is 2.63. The van der Waals surface area contributed by atoms with E-state index in [1.54, 1.807) is 0 Å². The van der Waals surface area contributed by atoms with Crippen LogP contribution in [0.25, 0.3) is 32.8 Å². The zero-order valence-corrected chi connectivity index (χ0v) is 18.2. The van der Waals surface area contributed by atoms with E-state index in [-0.39, 0.29) is 16.4 Å². The molecule has 2 aliphatic carbocycles. The smallest absolute Gasteiger partial charge is 0.222 e. The fraction of sp³-hybridized carbons (Fsp3) is 0.286. The van der Waals surface area contributed by atoms with Gasteiger partial charge in [-0.05, 0) is 59.5 Å². The van der Waals surface area contributed by atoms with Crippen LogP contribution in [-0.2, 0) is 16.4 Å². The van der Waals surface area contributed by atoms with Gasteiger partial charge in [0, 0.05) is 36.2 Å². The lowest BCUT2D eigenvalue weighted by Gasteiger charge is -2.51. The van der Waals surface area contributed by atoms with Gasteiger partial charge in [0.15, 0.2) is 11.7 Å². The van der Waals surface area contributed by atoms with Gasteiger partial charge in [0.2, 0.25) is 5.69 Å². The predicted molar refractivity (Wildman–Crippen MR) is 122 cm³/mol. The van der Waals surface area contributed by atoms with Gasteiger partial charge in [-0.15, -0.1) is 0 Å². The van der Waals surface area contributed by atoms with Crippen molar-refractivity contribution in [1.82, 2.24) is 4.98 Å². The standard InChI is InChI=1S/C28H25N2/c1-16-12-17-7-11-30-25-22(17)20(13-16)26(2,3)21-14-18-15-29-10-6-19(18)24(23(21)25)27(4)8-9-28(27,30)5/h6-15H,1-5H3/q+1. The van der Waals surface area contributed by atoms with E-state index in [9.17, 15) is 0 Å². The van der Waals surface area contributed by atoms with Gasteiger partial charge in [0.1, 0.15) is 0 Å². The van der Waals surface area contributed by atoms with Crippen LogP contribution in [-0.4, -0.2) is 4.98 Å². The maximum Gasteiger partial charge on any atom is 0.222 e. The second-order valence-electron chi connectivity index (χ2n) is 10.4. The molecule has 30 heavy (non-hydrogen) atoms. The number of hydrogen-bond donors (Lipinski definition) is 0. The molecule has 0 spiro atoms. The van der Waals surface area contributed by atoms with E-state index in [4.69, 9.17) is 0 Å². The van der Waals surface area contributed by atoms with Gasteiger partial charge >= 0.3 is 0 Å². The van der Waals surface area contributed by atoms with Crippen LogP contribution in [0.3, 0.4) is 0 Å². The molecule has 0 amide bonds. The fourth-order valence-corrected chi connectivity index (χ4v) is 6.60. The first kappa shape index (κ1) is 16.8. The molecule has 2 aromatic carbocycles. The summed E-state index contributed by atoms with van der Waals surface area (Å²) in [6.45, 7) is 11.8. The lowest BCUT2D eigenvalue weighted by Crippen LogP contribution is -2.70. The molecular formula is C28H25N2+. The minimum atomic E-state index is -0.0675. The minimum absolute atomic E-state index is 0.0401. The summed E-state index contributed by atoms with van der Waals surface area (Å²) in [4.78, 5) is 4.48. The molecule has 3 aliphatic rings. The number of aromatic nitrogens is 2. The monoisotopic (exact) mass is 389 g/mol. The molecule has 1 aliphatic heterocycles. The van der Waals surface area contributed by atoms with Gasteiger partial charge in [-0.1, -0.05) is 37.6 Å². The Balaban J connectivity index is 1.84. The molecule has 146 valence electrons. The van der Waals surface area contributed by atoms with Crippen LogP contribution in [0.2, 0.25) is 0 Å². The normalized spacial score (nSPS) is 26.6. The van der Waals surface area contributed by atoms with E-state index in [0.717, 1.165) is 0 Å². The zero-order chi connectivity index (χ0) is 20.6. The van der Waals surface area contributed by atoms with E-state index in [0.29, 0.717) is 0 Å². The lowest BCUT2D eigenvalue weighted by molar-refractivity contribution is -0.753. The van der Waals surface area contributed by atoms with E-state index in [2.05, 4.69) is 92.9 Å². The minimum Gasteiger partial charge on any atom is -0.264 e. The van der Waals surface area contributed by atoms with E-state index < -0.39 is 0 Å². The molecule has 0 fully saturated rings. The Morgan fingerprint density at radius 2 is 1.73 bits per heavy atom. The van der Waals surface area contributed by atoms with Crippen LogP contribution >= 0.6 is 0 Å². The number of aryl methyl sites for hydroxylation is 1. The first-order valence-corrected chi connectivity index (χ1v) is 10.9. The molecule has 0 bridgehead atoms. The third-order valence-electron chi connectivity index (χ3n) is 8.53. The highest BCUT2D eigenvalue weighted by atomic mass is 15.1. The van der Waals surface area contributed by atoms with Crippen molar-refractivity contribution in [3.8, 4) is 11.3 Å². The Labute approximate surface area is 176 Å². The molecule has 0 radical (unpaired) electrons. The topological polar surface area (TPSA) is 16.8 Å². The summed E-state index contributed by atoms with van der Waals surface area (Å²) >= 11 is 0. The number of rotatable bonds is 0. The first-order valence-electron chi connectivity index (χ1n) is 10.9. The molecule has 3 heterocycles. The molecule has 2 atom stereocenters. The Morgan fingerprint density at radius 3 is 2.50 bits per heavy atom. The second-order valence-corrected chi connectivity index (χ2v) is 10.4. The summed E-state index contributed by atoms with van der Waals surface area (Å²) in [6, 6.07) is 11.7. The average Bonchev–Trinajstić information content (AvgIpc) is 2.73. The number of nitrogens with zero attached hydrogens (tertiary/aromatic N) is 2. The number of pyridine rings is 2. The summed E-state index contributed by atoms with van der Waals surface area (Å²) in [6.07, 6.45) is 11.1. The van der Waals surface area contributed by atoms with Crippen molar-refractivity contribution < 1.29 is 4.57 Å². The molecule has 7 rings (SSSR count). The van der Waals surface area contributed by atoms with Crippen LogP contribution in [0.5, 0.6) is 0 Å². The number of fused-ring (bicyclic) bond motifs is 5. The highest BCUT2D eigenvalue weighted by molar-refractivity contribution is 6.06. The van der Waals surface area contributed by atoms with Gasteiger partial charge < -0.3 is 0 Å². The quantitative estimate of drug-likeness (QED) is 0.272. The first-order chi connectivity index (χ1) is 14.3. The van der Waals surface area contributed by atoms with Crippen LogP contribution in [0.4, 0.5) is 0 Å². The third-order valence-corrected chi connectivity index (χ3v) is 8.53. The van der Waals surface area contributed by atoms with Crippen molar-refractivity contribution in [3.05, 3.63) is 83.3 Å². The third kappa shape index (κ3) is 1.53. The molecule has 2 aromatic heterocycles. The van der Waals surface area contributed by atoms with Crippen molar-refractivity contribution in [2.24, 2.45) is 0 Å². The summed E-state index contributed by atoms with van der Waals surface area (Å²) < 4.78 is 2.56. The maximum absolute atomic E-state index is 4.48. The zero-order valence-electron chi connectivity index (χ0n) is 18.2. The van der Waals surface area contributed by atoms with Crippen molar-refractivity contribution in [3.63, 3.8) is 0 Å². The average molecular weight is 390 g/mol. The van der Waals surface area contributed by atoms with Crippen LogP contribution in [0.1, 0.15) is 49.9 Å². The Kier molecular flexibility index (Phi) is 2.61. The number of benzene rings is 2. The molecule has 0 N–H and O–H groups in total. The van der Waals surface area contributed by atoms with Crippen LogP contribution < -0.4 is 4.57 Å². The van der Waals surface area contributed by atoms with Gasteiger partial charge in [-0.3, -0.25) is 4.98 Å². The Morgan fingerprint density at radius 1 is 0.900 bits per heavy atom. The van der Waals surface area contributed by atoms with Gasteiger partial charge in [0.25, 0.3) is 0 Å². The molecule has 2 heteroatoms. The number of allylic oxidation sites excluding steroid dienone is 2. The molecular weight excluding hydrogens is 364 g/mol. The van der Waals surface area contributed by atoms with Crippen molar-refractivity contribution in [1.29, 1.82) is 0 Å². The van der Waals surface area contributed by atoms with E-state index in [1.165, 1.54) is 55.1 Å². The molecule has 2 unspecified atom stereocenters. The Bertz CT molecular complexity index is 1510. The SMILES string of the molecule is Cc1cc2c3c4[n+](ccc3c1)C1(C)C=CC1(C)c1c-4c(cc3cnccc13)C2(C)C. The maximum atomic E-state index is 4.48. The van der Waals surface area contributed by atoms with Gasteiger partial charge in [-0.2, -0.15) is 4.57 Å². The molecule has 0 saturated heterocycles. The largest absolute Gasteiger partial charge is 0.264 e.